The number of hydrogen-bond donors (Lipinski definition) is 0. The van der Waals surface area contributed by atoms with Gasteiger partial charge in [-0.1, -0.05) is 50.5 Å². The molecule has 0 N–H and O–H groups in total. The van der Waals surface area contributed by atoms with Crippen LogP contribution >= 0.6 is 0 Å². The Balaban J connectivity index is 2.17. The van der Waals surface area contributed by atoms with Crippen molar-refractivity contribution in [2.45, 2.75) is 46.0 Å². The van der Waals surface area contributed by atoms with Crippen LogP contribution in [-0.4, -0.2) is 0 Å². The van der Waals surface area contributed by atoms with Crippen molar-refractivity contribution in [3.63, 3.8) is 0 Å². The van der Waals surface area contributed by atoms with Gasteiger partial charge in [0.05, 0.1) is 0 Å². The Morgan fingerprint density at radius 2 is 1.55 bits per heavy atom. The minimum atomic E-state index is -1.11. The molecule has 0 fully saturated rings. The lowest BCUT2D eigenvalue weighted by Crippen LogP contribution is -1.97. The summed E-state index contributed by atoms with van der Waals surface area (Å²) in [5.41, 5.74) is 1.34. The topological polar surface area (TPSA) is 0 Å². The Bertz CT molecular complexity index is 630. The van der Waals surface area contributed by atoms with Crippen molar-refractivity contribution >= 4 is 0 Å². The molecule has 0 heterocycles. The molecule has 3 heteroatoms. The highest BCUT2D eigenvalue weighted by Crippen LogP contribution is 2.28. The van der Waals surface area contributed by atoms with Crippen LogP contribution in [0.15, 0.2) is 30.3 Å². The van der Waals surface area contributed by atoms with Gasteiger partial charge in [-0.05, 0) is 37.0 Å². The lowest BCUT2D eigenvalue weighted by atomic mass is 9.99. The molecule has 2 aromatic rings. The second kappa shape index (κ2) is 7.48. The lowest BCUT2D eigenvalue weighted by molar-refractivity contribution is 0.489. The van der Waals surface area contributed by atoms with Crippen LogP contribution in [0, 0.1) is 24.4 Å². The molecule has 0 radical (unpaired) electrons. The van der Waals surface area contributed by atoms with Gasteiger partial charge in [0, 0.05) is 11.1 Å². The van der Waals surface area contributed by atoms with E-state index in [9.17, 15) is 13.2 Å². The summed E-state index contributed by atoms with van der Waals surface area (Å²) in [5, 5.41) is 0. The third-order valence-corrected chi connectivity index (χ3v) is 3.97. The minimum absolute atomic E-state index is 0.0295. The van der Waals surface area contributed by atoms with Crippen molar-refractivity contribution in [3.8, 4) is 11.1 Å². The SMILES string of the molecule is CCCCCCc1ccc(-c2cc(F)c(C)c(F)c2F)cc1. The van der Waals surface area contributed by atoms with E-state index in [1.165, 1.54) is 26.2 Å². The Kier molecular flexibility index (Phi) is 5.64. The summed E-state index contributed by atoms with van der Waals surface area (Å²) < 4.78 is 41.2. The molecular weight excluding hydrogens is 285 g/mol. The Hall–Kier alpha value is -1.77. The molecule has 0 bridgehead atoms. The second-order valence-electron chi connectivity index (χ2n) is 5.67. The maximum absolute atomic E-state index is 14.0. The molecule has 0 amide bonds. The molecule has 0 saturated heterocycles. The van der Waals surface area contributed by atoms with Gasteiger partial charge in [-0.3, -0.25) is 0 Å². The summed E-state index contributed by atoms with van der Waals surface area (Å²) in [6.45, 7) is 3.40. The maximum Gasteiger partial charge on any atom is 0.167 e. The number of unbranched alkanes of at least 4 members (excludes halogenated alkanes) is 3. The second-order valence-corrected chi connectivity index (χ2v) is 5.67. The average molecular weight is 306 g/mol. The van der Waals surface area contributed by atoms with Crippen molar-refractivity contribution in [2.75, 3.05) is 0 Å². The first-order valence-corrected chi connectivity index (χ1v) is 7.78. The average Bonchev–Trinajstić information content (AvgIpc) is 2.54. The van der Waals surface area contributed by atoms with Gasteiger partial charge in [0.25, 0.3) is 0 Å². The number of rotatable bonds is 6. The van der Waals surface area contributed by atoms with E-state index in [0.717, 1.165) is 24.5 Å². The van der Waals surface area contributed by atoms with Gasteiger partial charge in [-0.25, -0.2) is 13.2 Å². The normalized spacial score (nSPS) is 11.0. The summed E-state index contributed by atoms with van der Waals surface area (Å²) in [6, 6.07) is 8.31. The Morgan fingerprint density at radius 1 is 0.864 bits per heavy atom. The minimum Gasteiger partial charge on any atom is -0.207 e. The summed E-state index contributed by atoms with van der Waals surface area (Å²) in [6.07, 6.45) is 5.71. The van der Waals surface area contributed by atoms with Crippen LogP contribution in [0.25, 0.3) is 11.1 Å². The van der Waals surface area contributed by atoms with E-state index in [1.54, 1.807) is 12.1 Å². The third-order valence-electron chi connectivity index (χ3n) is 3.97. The first-order valence-electron chi connectivity index (χ1n) is 7.78. The van der Waals surface area contributed by atoms with Crippen molar-refractivity contribution in [1.82, 2.24) is 0 Å². The van der Waals surface area contributed by atoms with E-state index < -0.39 is 17.5 Å². The van der Waals surface area contributed by atoms with Gasteiger partial charge in [0.2, 0.25) is 0 Å². The van der Waals surface area contributed by atoms with Crippen LogP contribution in [0.1, 0.15) is 43.7 Å². The van der Waals surface area contributed by atoms with Gasteiger partial charge >= 0.3 is 0 Å². The van der Waals surface area contributed by atoms with E-state index in [1.807, 2.05) is 12.1 Å². The fourth-order valence-corrected chi connectivity index (χ4v) is 2.50. The lowest BCUT2D eigenvalue weighted by Gasteiger charge is -2.09. The van der Waals surface area contributed by atoms with Crippen LogP contribution in [0.4, 0.5) is 13.2 Å². The number of hydrogen-bond acceptors (Lipinski definition) is 0. The predicted octanol–water partition coefficient (Wildman–Crippen LogP) is 6.20. The molecule has 22 heavy (non-hydrogen) atoms. The molecule has 0 aliphatic rings. The van der Waals surface area contributed by atoms with E-state index in [0.29, 0.717) is 5.56 Å². The molecule has 0 saturated carbocycles. The highest BCUT2D eigenvalue weighted by molar-refractivity contribution is 5.65. The van der Waals surface area contributed by atoms with Gasteiger partial charge in [0.1, 0.15) is 5.82 Å². The zero-order valence-electron chi connectivity index (χ0n) is 13.1. The molecule has 0 unspecified atom stereocenters. The van der Waals surface area contributed by atoms with Crippen molar-refractivity contribution in [2.24, 2.45) is 0 Å². The van der Waals surface area contributed by atoms with Crippen LogP contribution in [0.2, 0.25) is 0 Å². The zero-order chi connectivity index (χ0) is 16.1. The van der Waals surface area contributed by atoms with Crippen molar-refractivity contribution in [3.05, 3.63) is 58.9 Å². The van der Waals surface area contributed by atoms with Gasteiger partial charge in [-0.15, -0.1) is 0 Å². The maximum atomic E-state index is 14.0. The highest BCUT2D eigenvalue weighted by Gasteiger charge is 2.16. The molecule has 2 aromatic carbocycles. The first-order chi connectivity index (χ1) is 10.5. The number of benzene rings is 2. The van der Waals surface area contributed by atoms with E-state index in [2.05, 4.69) is 6.92 Å². The number of aryl methyl sites for hydroxylation is 1. The first kappa shape index (κ1) is 16.6. The highest BCUT2D eigenvalue weighted by atomic mass is 19.2. The van der Waals surface area contributed by atoms with Crippen molar-refractivity contribution < 1.29 is 13.2 Å². The fourth-order valence-electron chi connectivity index (χ4n) is 2.50. The zero-order valence-corrected chi connectivity index (χ0v) is 13.1. The van der Waals surface area contributed by atoms with Crippen LogP contribution < -0.4 is 0 Å². The van der Waals surface area contributed by atoms with Gasteiger partial charge in [-0.2, -0.15) is 0 Å². The molecule has 0 aromatic heterocycles. The van der Waals surface area contributed by atoms with E-state index >= 15 is 0 Å². The molecule has 0 aliphatic carbocycles. The monoisotopic (exact) mass is 306 g/mol. The summed E-state index contributed by atoms with van der Waals surface area (Å²) in [5.74, 6) is -2.83. The van der Waals surface area contributed by atoms with Gasteiger partial charge in [0.15, 0.2) is 11.6 Å². The van der Waals surface area contributed by atoms with Crippen molar-refractivity contribution in [1.29, 1.82) is 0 Å². The summed E-state index contributed by atoms with van der Waals surface area (Å²) in [7, 11) is 0. The fraction of sp³-hybridized carbons (Fsp3) is 0.368. The van der Waals surface area contributed by atoms with Gasteiger partial charge < -0.3 is 0 Å². The molecule has 118 valence electrons. The van der Waals surface area contributed by atoms with Crippen LogP contribution in [0.5, 0.6) is 0 Å². The van der Waals surface area contributed by atoms with E-state index in [4.69, 9.17) is 0 Å². The predicted molar refractivity (Wildman–Crippen MR) is 84.3 cm³/mol. The van der Waals surface area contributed by atoms with Crippen LogP contribution in [0.3, 0.4) is 0 Å². The molecule has 0 spiro atoms. The quantitative estimate of drug-likeness (QED) is 0.440. The molecule has 0 aliphatic heterocycles. The third kappa shape index (κ3) is 3.70. The Morgan fingerprint density at radius 3 is 2.18 bits per heavy atom. The number of halogens is 3. The summed E-state index contributed by atoms with van der Waals surface area (Å²) in [4.78, 5) is 0. The molecule has 2 rings (SSSR count). The Labute approximate surface area is 130 Å². The molecule has 0 atom stereocenters. The molecular formula is C19H21F3. The summed E-state index contributed by atoms with van der Waals surface area (Å²) >= 11 is 0. The molecule has 0 nitrogen and oxygen atoms in total. The van der Waals surface area contributed by atoms with E-state index in [-0.39, 0.29) is 11.1 Å². The largest absolute Gasteiger partial charge is 0.207 e. The smallest absolute Gasteiger partial charge is 0.167 e. The standard InChI is InChI=1S/C19H21F3/c1-3-4-5-6-7-14-8-10-15(11-9-14)16-12-17(20)13(2)18(21)19(16)22/h8-12H,3-7H2,1-2H3. The van der Waals surface area contributed by atoms with Crippen LogP contribution in [-0.2, 0) is 6.42 Å².